The van der Waals surface area contributed by atoms with E-state index in [1.807, 2.05) is 48.2 Å². The third-order valence-electron chi connectivity index (χ3n) is 8.31. The first-order valence-corrected chi connectivity index (χ1v) is 15.0. The predicted molar refractivity (Wildman–Crippen MR) is 177 cm³/mol. The number of hydrogen-bond donors (Lipinski definition) is 2. The minimum Gasteiger partial charge on any atom is -0.379 e. The molecule has 1 atom stereocenters. The van der Waals surface area contributed by atoms with Crippen LogP contribution in [0.25, 0.3) is 11.4 Å². The van der Waals surface area contributed by atoms with Crippen LogP contribution in [0.5, 0.6) is 0 Å². The van der Waals surface area contributed by atoms with Crippen LogP contribution in [0.15, 0.2) is 109 Å². The van der Waals surface area contributed by atoms with Crippen molar-refractivity contribution < 1.29 is 14.6 Å². The molecular weight excluding hydrogens is 630 g/mol. The second-order valence-corrected chi connectivity index (χ2v) is 11.4. The van der Waals surface area contributed by atoms with Crippen LogP contribution in [0.3, 0.4) is 0 Å². The third kappa shape index (κ3) is 5.78. The highest BCUT2D eigenvalue weighted by molar-refractivity contribution is 6.02. The number of fused-ring (bicyclic) bond motifs is 1. The summed E-state index contributed by atoms with van der Waals surface area (Å²) in [4.78, 5) is 37.5. The normalized spacial score (nSPS) is 15.4. The van der Waals surface area contributed by atoms with Gasteiger partial charge in [-0.2, -0.15) is 0 Å². The van der Waals surface area contributed by atoms with Crippen molar-refractivity contribution in [3.63, 3.8) is 0 Å². The summed E-state index contributed by atoms with van der Waals surface area (Å²) < 4.78 is 2.75. The van der Waals surface area contributed by atoms with Crippen LogP contribution in [0.2, 0.25) is 0 Å². The molecule has 2 aromatic heterocycles. The van der Waals surface area contributed by atoms with E-state index in [1.54, 1.807) is 60.9 Å². The number of carbonyl (C=O) groups is 1. The monoisotopic (exact) mass is 657 g/mol. The first-order chi connectivity index (χ1) is 23.7. The van der Waals surface area contributed by atoms with Gasteiger partial charge in [-0.25, -0.2) is 9.36 Å². The summed E-state index contributed by atoms with van der Waals surface area (Å²) in [6.45, 7) is 2.43. The lowest BCUT2D eigenvalue weighted by Gasteiger charge is -2.47. The molecule has 4 aromatic carbocycles. The van der Waals surface area contributed by atoms with Crippen molar-refractivity contribution in [1.29, 1.82) is 0 Å². The predicted octanol–water partition coefficient (Wildman–Crippen LogP) is 4.90. The second kappa shape index (κ2) is 12.3. The maximum Gasteiger partial charge on any atom is 0.294 e. The van der Waals surface area contributed by atoms with E-state index in [-0.39, 0.29) is 29.5 Å². The van der Waals surface area contributed by atoms with Gasteiger partial charge in [-0.15, -0.1) is 10.2 Å². The molecule has 16 nitrogen and oxygen atoms in total. The van der Waals surface area contributed by atoms with Crippen molar-refractivity contribution in [2.45, 2.75) is 25.7 Å². The molecule has 49 heavy (non-hydrogen) atoms. The van der Waals surface area contributed by atoms with Crippen molar-refractivity contribution >= 4 is 28.7 Å². The lowest BCUT2D eigenvalue weighted by Crippen LogP contribution is -2.59. The number of nitro benzene ring substituents is 2. The summed E-state index contributed by atoms with van der Waals surface area (Å²) in [5.41, 5.74) is 3.26. The van der Waals surface area contributed by atoms with Crippen LogP contribution in [-0.2, 0) is 18.8 Å². The van der Waals surface area contributed by atoms with Crippen molar-refractivity contribution in [3.8, 4) is 11.4 Å². The second-order valence-electron chi connectivity index (χ2n) is 11.4. The van der Waals surface area contributed by atoms with E-state index in [9.17, 15) is 25.0 Å². The zero-order chi connectivity index (χ0) is 34.1. The maximum absolute atomic E-state index is 13.4. The van der Waals surface area contributed by atoms with Gasteiger partial charge in [0, 0.05) is 17.8 Å². The van der Waals surface area contributed by atoms with Gasteiger partial charge in [0.05, 0.1) is 46.6 Å². The van der Waals surface area contributed by atoms with Gasteiger partial charge in [-0.1, -0.05) is 59.0 Å². The number of anilines is 2. The molecule has 0 aliphatic carbocycles. The van der Waals surface area contributed by atoms with Crippen LogP contribution in [0, 0.1) is 20.2 Å². The molecule has 1 aliphatic heterocycles. The Kier molecular flexibility index (Phi) is 7.72. The van der Waals surface area contributed by atoms with E-state index in [0.29, 0.717) is 34.9 Å². The number of para-hydroxylation sites is 5. The van der Waals surface area contributed by atoms with Gasteiger partial charge in [0.25, 0.3) is 17.3 Å². The zero-order valence-electron chi connectivity index (χ0n) is 25.9. The number of aromatic nitrogens is 6. The summed E-state index contributed by atoms with van der Waals surface area (Å²) in [6, 6.07) is 27.4. The lowest BCUT2D eigenvalue weighted by atomic mass is 9.93. The molecule has 0 radical (unpaired) electrons. The van der Waals surface area contributed by atoms with E-state index >= 15 is 0 Å². The highest BCUT2D eigenvalue weighted by Crippen LogP contribution is 2.39. The molecule has 3 heterocycles. The number of benzene rings is 4. The maximum atomic E-state index is 13.4. The van der Waals surface area contributed by atoms with Crippen LogP contribution >= 0.6 is 0 Å². The number of nitrogens with zero attached hydrogens (tertiary/aromatic N) is 9. The highest BCUT2D eigenvalue weighted by atomic mass is 16.6. The summed E-state index contributed by atoms with van der Waals surface area (Å²) in [5, 5.41) is 46.2. The van der Waals surface area contributed by atoms with Gasteiger partial charge in [0.15, 0.2) is 0 Å². The van der Waals surface area contributed by atoms with Crippen LogP contribution in [-0.4, -0.2) is 45.7 Å². The van der Waals surface area contributed by atoms with Gasteiger partial charge in [0.2, 0.25) is 0 Å². The molecule has 6 aromatic rings. The Labute approximate surface area is 277 Å². The largest absolute Gasteiger partial charge is 0.379 e. The van der Waals surface area contributed by atoms with Crippen LogP contribution in [0.1, 0.15) is 34.2 Å². The Morgan fingerprint density at radius 3 is 1.88 bits per heavy atom. The highest BCUT2D eigenvalue weighted by Gasteiger charge is 2.42. The average molecular weight is 658 g/mol. The van der Waals surface area contributed by atoms with Gasteiger partial charge >= 0.3 is 0 Å². The lowest BCUT2D eigenvalue weighted by molar-refractivity contribution is -0.384. The van der Waals surface area contributed by atoms with Gasteiger partial charge in [0.1, 0.15) is 28.4 Å². The Bertz CT molecular complexity index is 2210. The molecule has 2 N–H and O–H groups in total. The number of rotatable bonds is 10. The fraction of sp³-hybridized carbons (Fsp3) is 0.121. The van der Waals surface area contributed by atoms with E-state index in [4.69, 9.17) is 0 Å². The molecule has 0 fully saturated rings. The molecule has 7 rings (SSSR count). The standard InChI is InChI=1S/C33H27N11O5/c1-33(22-14-16-23(17-15-22)34-18-24-20-41(38-36-24)28-10-4-6-12-30(28)43(46)47)35-32(45)26-8-2-3-9-27(26)40(33)19-25-21-42(39-37-25)29-11-5-7-13-31(29)44(48)49/h2-17,20-21,34H,18-19H2,1H3,(H,35,45). The first kappa shape index (κ1) is 30.7. The van der Waals surface area contributed by atoms with Gasteiger partial charge in [-0.3, -0.25) is 25.0 Å². The Morgan fingerprint density at radius 2 is 1.27 bits per heavy atom. The number of hydrogen-bond acceptors (Lipinski definition) is 11. The van der Waals surface area contributed by atoms with Crippen LogP contribution < -0.4 is 15.5 Å². The first-order valence-electron chi connectivity index (χ1n) is 15.0. The SMILES string of the molecule is CC1(c2ccc(NCc3cn(-c4ccccc4[N+](=O)[O-])nn3)cc2)NC(=O)c2ccccc2N1Cc1cn(-c2ccccc2[N+](=O)[O-])nn1. The van der Waals surface area contributed by atoms with Crippen molar-refractivity contribution in [3.05, 3.63) is 152 Å². The smallest absolute Gasteiger partial charge is 0.294 e. The zero-order valence-corrected chi connectivity index (χ0v) is 25.9. The fourth-order valence-corrected chi connectivity index (χ4v) is 5.85. The quantitative estimate of drug-likeness (QED) is 0.150. The van der Waals surface area contributed by atoms with Gasteiger partial charge in [-0.05, 0) is 48.9 Å². The summed E-state index contributed by atoms with van der Waals surface area (Å²) in [7, 11) is 0. The number of nitrogens with one attached hydrogen (secondary N) is 2. The minimum absolute atomic E-state index is 0.0766. The molecule has 0 saturated heterocycles. The van der Waals surface area contributed by atoms with Crippen molar-refractivity contribution in [2.24, 2.45) is 0 Å². The number of nitro groups is 2. The minimum atomic E-state index is -1.01. The topological polar surface area (TPSA) is 192 Å². The molecule has 0 spiro atoms. The Hall–Kier alpha value is -6.97. The van der Waals surface area contributed by atoms with Gasteiger partial charge < -0.3 is 15.5 Å². The average Bonchev–Trinajstić information content (AvgIpc) is 3.79. The summed E-state index contributed by atoms with van der Waals surface area (Å²) in [5.74, 6) is -0.234. The van der Waals surface area contributed by atoms with E-state index < -0.39 is 15.5 Å². The van der Waals surface area contributed by atoms with Crippen molar-refractivity contribution in [2.75, 3.05) is 10.2 Å². The summed E-state index contributed by atoms with van der Waals surface area (Å²) >= 11 is 0. The van der Waals surface area contributed by atoms with Crippen LogP contribution in [0.4, 0.5) is 22.7 Å². The molecule has 0 bridgehead atoms. The molecule has 1 amide bonds. The van der Waals surface area contributed by atoms with Crippen molar-refractivity contribution in [1.82, 2.24) is 35.3 Å². The Morgan fingerprint density at radius 1 is 0.735 bits per heavy atom. The Balaban J connectivity index is 1.13. The number of amides is 1. The molecule has 1 unspecified atom stereocenters. The van der Waals surface area contributed by atoms with E-state index in [2.05, 4.69) is 31.3 Å². The van der Waals surface area contributed by atoms with E-state index in [0.717, 1.165) is 11.3 Å². The number of carbonyl (C=O) groups excluding carboxylic acids is 1. The fourth-order valence-electron chi connectivity index (χ4n) is 5.85. The summed E-state index contributed by atoms with van der Waals surface area (Å²) in [6.07, 6.45) is 3.27. The molecule has 0 saturated carbocycles. The molecular formula is C33H27N11O5. The molecule has 244 valence electrons. The van der Waals surface area contributed by atoms with E-state index in [1.165, 1.54) is 21.5 Å². The third-order valence-corrected chi connectivity index (χ3v) is 8.31. The molecule has 16 heteroatoms. The molecule has 1 aliphatic rings.